The Morgan fingerprint density at radius 1 is 1.25 bits per heavy atom. The van der Waals surface area contributed by atoms with E-state index in [1.165, 1.54) is 32.1 Å². The van der Waals surface area contributed by atoms with Gasteiger partial charge in [-0.2, -0.15) is 0 Å². The molecule has 0 aliphatic heterocycles. The molecule has 0 saturated heterocycles. The number of hydrogen-bond acceptors (Lipinski definition) is 1. The highest BCUT2D eigenvalue weighted by molar-refractivity contribution is 5.77. The maximum Gasteiger partial charge on any atom is 0.0909 e. The lowest BCUT2D eigenvalue weighted by atomic mass is 10.0. The van der Waals surface area contributed by atoms with Gasteiger partial charge in [0.15, 0.2) is 0 Å². The summed E-state index contributed by atoms with van der Waals surface area (Å²) in [5.74, 6) is 1.64. The second-order valence-electron chi connectivity index (χ2n) is 4.04. The van der Waals surface area contributed by atoms with Crippen LogP contribution in [0.1, 0.15) is 46.0 Å². The van der Waals surface area contributed by atoms with E-state index >= 15 is 0 Å². The van der Waals surface area contributed by atoms with Crippen molar-refractivity contribution in [3.05, 3.63) is 0 Å². The van der Waals surface area contributed by atoms with Gasteiger partial charge in [0.1, 0.15) is 0 Å². The van der Waals surface area contributed by atoms with E-state index in [1.807, 2.05) is 6.92 Å². The molecule has 1 rings (SSSR count). The molecule has 0 aromatic carbocycles. The van der Waals surface area contributed by atoms with Crippen LogP contribution in [0, 0.1) is 5.92 Å². The Morgan fingerprint density at radius 2 is 2.00 bits per heavy atom. The number of nitrogens with two attached hydrogens (primary N) is 1. The van der Waals surface area contributed by atoms with Crippen molar-refractivity contribution in [3.63, 3.8) is 0 Å². The Bertz CT molecular complexity index is 159. The number of rotatable bonds is 1. The first kappa shape index (κ1) is 9.56. The molecule has 2 heteroatoms. The Labute approximate surface area is 75.3 Å². The van der Waals surface area contributed by atoms with Crippen molar-refractivity contribution in [1.82, 2.24) is 0 Å². The van der Waals surface area contributed by atoms with Gasteiger partial charge in [0.05, 0.1) is 11.9 Å². The van der Waals surface area contributed by atoms with Gasteiger partial charge in [0.2, 0.25) is 0 Å². The van der Waals surface area contributed by atoms with Crippen LogP contribution >= 0.6 is 0 Å². The highest BCUT2D eigenvalue weighted by atomic mass is 14.9. The van der Waals surface area contributed by atoms with Crippen LogP contribution < -0.4 is 5.73 Å². The highest BCUT2D eigenvalue weighted by Crippen LogP contribution is 2.24. The van der Waals surface area contributed by atoms with Gasteiger partial charge < -0.3 is 5.73 Å². The molecular weight excluding hydrogens is 148 g/mol. The molecule has 0 aromatic rings. The molecule has 0 aromatic heterocycles. The molecule has 1 saturated carbocycles. The van der Waals surface area contributed by atoms with E-state index in [4.69, 9.17) is 5.73 Å². The van der Waals surface area contributed by atoms with Gasteiger partial charge >= 0.3 is 0 Å². The van der Waals surface area contributed by atoms with Crippen LogP contribution in [0.5, 0.6) is 0 Å². The monoisotopic (exact) mass is 168 g/mol. The fourth-order valence-electron chi connectivity index (χ4n) is 1.88. The zero-order valence-corrected chi connectivity index (χ0v) is 8.21. The average Bonchev–Trinajstić information content (AvgIpc) is 2.15. The summed E-state index contributed by atoms with van der Waals surface area (Å²) in [6.45, 7) is 4.22. The van der Waals surface area contributed by atoms with Crippen LogP contribution in [0.25, 0.3) is 0 Å². The molecular formula is C10H20N2. The molecule has 2 nitrogen and oxygen atoms in total. The number of nitrogens with zero attached hydrogens (tertiary/aromatic N) is 1. The third-order valence-electron chi connectivity index (χ3n) is 2.61. The Morgan fingerprint density at radius 3 is 2.67 bits per heavy atom. The van der Waals surface area contributed by atoms with Gasteiger partial charge in [-0.3, -0.25) is 4.99 Å². The summed E-state index contributed by atoms with van der Waals surface area (Å²) in [6.07, 6.45) is 6.48. The summed E-state index contributed by atoms with van der Waals surface area (Å²) in [5, 5.41) is 0. The van der Waals surface area contributed by atoms with E-state index in [0.29, 0.717) is 6.04 Å². The molecule has 0 radical (unpaired) electrons. The molecule has 0 amide bonds. The van der Waals surface area contributed by atoms with E-state index in [-0.39, 0.29) is 0 Å². The molecule has 12 heavy (non-hydrogen) atoms. The molecule has 1 aliphatic carbocycles. The smallest absolute Gasteiger partial charge is 0.0909 e. The van der Waals surface area contributed by atoms with Gasteiger partial charge in [-0.25, -0.2) is 0 Å². The van der Waals surface area contributed by atoms with Crippen molar-refractivity contribution in [2.75, 3.05) is 0 Å². The first-order valence-electron chi connectivity index (χ1n) is 4.98. The minimum absolute atomic E-state index is 0.514. The zero-order chi connectivity index (χ0) is 8.97. The van der Waals surface area contributed by atoms with Crippen LogP contribution in [-0.2, 0) is 0 Å². The molecule has 1 fully saturated rings. The number of aliphatic imine (C=N–C) groups is 1. The second kappa shape index (κ2) is 4.48. The van der Waals surface area contributed by atoms with E-state index in [0.717, 1.165) is 11.8 Å². The Hall–Kier alpha value is -0.530. The molecule has 0 spiro atoms. The topological polar surface area (TPSA) is 38.4 Å². The van der Waals surface area contributed by atoms with Crippen molar-refractivity contribution in [1.29, 1.82) is 0 Å². The maximum atomic E-state index is 5.56. The molecule has 0 bridgehead atoms. The maximum absolute atomic E-state index is 5.56. The first-order chi connectivity index (χ1) is 5.68. The molecule has 70 valence electrons. The van der Waals surface area contributed by atoms with Crippen molar-refractivity contribution < 1.29 is 0 Å². The number of hydrogen-bond donors (Lipinski definition) is 1. The lowest BCUT2D eigenvalue weighted by Gasteiger charge is -2.08. The predicted molar refractivity (Wildman–Crippen MR) is 53.3 cm³/mol. The quantitative estimate of drug-likeness (QED) is 0.364. The van der Waals surface area contributed by atoms with Gasteiger partial charge in [0, 0.05) is 0 Å². The minimum atomic E-state index is 0.514. The second-order valence-corrected chi connectivity index (χ2v) is 4.04. The molecule has 2 unspecified atom stereocenters. The fourth-order valence-corrected chi connectivity index (χ4v) is 1.88. The van der Waals surface area contributed by atoms with Crippen LogP contribution in [0.4, 0.5) is 0 Å². The molecule has 2 atom stereocenters. The Balaban J connectivity index is 2.41. The van der Waals surface area contributed by atoms with Gasteiger partial charge in [0.25, 0.3) is 0 Å². The Kier molecular flexibility index (Phi) is 3.57. The van der Waals surface area contributed by atoms with Crippen molar-refractivity contribution in [2.45, 2.75) is 52.0 Å². The SMILES string of the molecule is CC(N)=NC1CCCC(C)CC1. The van der Waals surface area contributed by atoms with E-state index in [2.05, 4.69) is 11.9 Å². The van der Waals surface area contributed by atoms with Crippen molar-refractivity contribution in [3.8, 4) is 0 Å². The first-order valence-corrected chi connectivity index (χ1v) is 4.98. The lowest BCUT2D eigenvalue weighted by Crippen LogP contribution is -2.12. The average molecular weight is 168 g/mol. The summed E-state index contributed by atoms with van der Waals surface area (Å²) < 4.78 is 0. The lowest BCUT2D eigenvalue weighted by molar-refractivity contribution is 0.499. The summed E-state index contributed by atoms with van der Waals surface area (Å²) in [5.41, 5.74) is 5.56. The number of amidine groups is 1. The fraction of sp³-hybridized carbons (Fsp3) is 0.900. The van der Waals surface area contributed by atoms with Crippen LogP contribution in [-0.4, -0.2) is 11.9 Å². The summed E-state index contributed by atoms with van der Waals surface area (Å²) >= 11 is 0. The van der Waals surface area contributed by atoms with Gasteiger partial charge in [-0.1, -0.05) is 19.8 Å². The minimum Gasteiger partial charge on any atom is -0.388 e. The van der Waals surface area contributed by atoms with Crippen LogP contribution in [0.3, 0.4) is 0 Å². The molecule has 2 N–H and O–H groups in total. The van der Waals surface area contributed by atoms with E-state index < -0.39 is 0 Å². The van der Waals surface area contributed by atoms with Crippen LogP contribution in [0.15, 0.2) is 4.99 Å². The predicted octanol–water partition coefficient (Wildman–Crippen LogP) is 2.33. The summed E-state index contributed by atoms with van der Waals surface area (Å²) in [4.78, 5) is 4.43. The van der Waals surface area contributed by atoms with Crippen molar-refractivity contribution >= 4 is 5.84 Å². The van der Waals surface area contributed by atoms with E-state index in [1.54, 1.807) is 0 Å². The highest BCUT2D eigenvalue weighted by Gasteiger charge is 2.14. The van der Waals surface area contributed by atoms with Gasteiger partial charge in [-0.15, -0.1) is 0 Å². The third-order valence-corrected chi connectivity index (χ3v) is 2.61. The zero-order valence-electron chi connectivity index (χ0n) is 8.21. The molecule has 0 heterocycles. The standard InChI is InChI=1S/C10H20N2/c1-8-4-3-5-10(7-6-8)12-9(2)11/h8,10H,3-7H2,1-2H3,(H2,11,12). The van der Waals surface area contributed by atoms with Gasteiger partial charge in [-0.05, 0) is 32.1 Å². The summed E-state index contributed by atoms with van der Waals surface area (Å²) in [6, 6.07) is 0.514. The van der Waals surface area contributed by atoms with Crippen molar-refractivity contribution in [2.24, 2.45) is 16.6 Å². The third kappa shape index (κ3) is 3.24. The van der Waals surface area contributed by atoms with E-state index in [9.17, 15) is 0 Å². The largest absolute Gasteiger partial charge is 0.388 e. The molecule has 1 aliphatic rings. The summed E-state index contributed by atoms with van der Waals surface area (Å²) in [7, 11) is 0. The van der Waals surface area contributed by atoms with Crippen LogP contribution in [0.2, 0.25) is 0 Å². The normalized spacial score (nSPS) is 33.0.